The molecule has 0 radical (unpaired) electrons. The molecule has 0 atom stereocenters. The highest BCUT2D eigenvalue weighted by atomic mass is 19.4. The highest BCUT2D eigenvalue weighted by Gasteiger charge is 2.32. The predicted molar refractivity (Wildman–Crippen MR) is 101 cm³/mol. The number of amides is 1. The first kappa shape index (κ1) is 20.6. The summed E-state index contributed by atoms with van der Waals surface area (Å²) < 4.78 is 42.3. The molecule has 0 fully saturated rings. The topological polar surface area (TPSA) is 38.3 Å². The van der Waals surface area contributed by atoms with E-state index in [2.05, 4.69) is 16.6 Å². The van der Waals surface area contributed by atoms with Gasteiger partial charge in [-0.2, -0.15) is 0 Å². The molecule has 0 heterocycles. The van der Waals surface area contributed by atoms with Crippen LogP contribution in [0.15, 0.2) is 49.0 Å². The van der Waals surface area contributed by atoms with Gasteiger partial charge in [0.05, 0.1) is 0 Å². The van der Waals surface area contributed by atoms with Gasteiger partial charge in [-0.25, -0.2) is 0 Å². The van der Waals surface area contributed by atoms with Crippen molar-refractivity contribution in [1.29, 1.82) is 0 Å². The van der Waals surface area contributed by atoms with Crippen LogP contribution in [-0.2, 0) is 6.42 Å². The molecule has 0 bridgehead atoms. The van der Waals surface area contributed by atoms with Gasteiger partial charge >= 0.3 is 6.36 Å². The summed E-state index contributed by atoms with van der Waals surface area (Å²) in [6.07, 6.45) is -2.74. The minimum atomic E-state index is -4.80. The monoisotopic (exact) mass is 377 g/mol. The fourth-order valence-electron chi connectivity index (χ4n) is 2.68. The third kappa shape index (κ3) is 5.88. The lowest BCUT2D eigenvalue weighted by Gasteiger charge is -2.15. The van der Waals surface area contributed by atoms with Gasteiger partial charge in [-0.1, -0.05) is 49.8 Å². The van der Waals surface area contributed by atoms with E-state index >= 15 is 0 Å². The lowest BCUT2D eigenvalue weighted by molar-refractivity contribution is -0.274. The number of nitrogens with one attached hydrogen (secondary N) is 1. The molecule has 0 saturated carbocycles. The van der Waals surface area contributed by atoms with Crippen molar-refractivity contribution in [2.24, 2.45) is 0 Å². The Morgan fingerprint density at radius 1 is 1.15 bits per heavy atom. The van der Waals surface area contributed by atoms with Crippen molar-refractivity contribution in [2.45, 2.75) is 39.5 Å². The predicted octanol–water partition coefficient (Wildman–Crippen LogP) is 6.21. The molecule has 2 aromatic carbocycles. The standard InChI is InChI=1S/C21H22F3NO2/c1-4-5-8-15-11-12-16(13-19(15)27-21(22,23)24)25-20(26)18-10-7-6-9-17(18)14(2)3/h6-7,9-13H,2,4-5,8H2,1,3H3,(H,25,26). The van der Waals surface area contributed by atoms with Crippen molar-refractivity contribution in [2.75, 3.05) is 5.32 Å². The van der Waals surface area contributed by atoms with Gasteiger partial charge in [0.1, 0.15) is 5.75 Å². The number of halogens is 3. The summed E-state index contributed by atoms with van der Waals surface area (Å²) in [7, 11) is 0. The highest BCUT2D eigenvalue weighted by Crippen LogP contribution is 2.31. The molecule has 0 unspecified atom stereocenters. The number of rotatable bonds is 7. The maximum absolute atomic E-state index is 12.7. The lowest BCUT2D eigenvalue weighted by atomic mass is 10.0. The van der Waals surface area contributed by atoms with Crippen LogP contribution in [0, 0.1) is 0 Å². The molecule has 2 aromatic rings. The second kappa shape index (κ2) is 8.75. The summed E-state index contributed by atoms with van der Waals surface area (Å²) >= 11 is 0. The van der Waals surface area contributed by atoms with Crippen LogP contribution in [0.2, 0.25) is 0 Å². The van der Waals surface area contributed by atoms with E-state index in [0.29, 0.717) is 23.1 Å². The smallest absolute Gasteiger partial charge is 0.405 e. The highest BCUT2D eigenvalue weighted by molar-refractivity contribution is 6.07. The summed E-state index contributed by atoms with van der Waals surface area (Å²) in [6.45, 7) is 7.58. The molecule has 0 aromatic heterocycles. The summed E-state index contributed by atoms with van der Waals surface area (Å²) in [4.78, 5) is 12.6. The summed E-state index contributed by atoms with van der Waals surface area (Å²) in [5.74, 6) is -0.713. The van der Waals surface area contributed by atoms with Crippen LogP contribution < -0.4 is 10.1 Å². The molecule has 1 N–H and O–H groups in total. The van der Waals surface area contributed by atoms with Crippen molar-refractivity contribution in [1.82, 2.24) is 0 Å². The number of hydrogen-bond donors (Lipinski definition) is 1. The number of benzene rings is 2. The molecular weight excluding hydrogens is 355 g/mol. The van der Waals surface area contributed by atoms with E-state index in [4.69, 9.17) is 0 Å². The normalized spacial score (nSPS) is 11.1. The number of alkyl halides is 3. The van der Waals surface area contributed by atoms with E-state index in [1.54, 1.807) is 43.3 Å². The summed E-state index contributed by atoms with van der Waals surface area (Å²) in [5, 5.41) is 2.64. The second-order valence-electron chi connectivity index (χ2n) is 6.25. The molecular formula is C21H22F3NO2. The van der Waals surface area contributed by atoms with Gasteiger partial charge in [0.2, 0.25) is 0 Å². The number of hydrogen-bond acceptors (Lipinski definition) is 2. The van der Waals surface area contributed by atoms with Crippen LogP contribution in [0.1, 0.15) is 48.2 Å². The molecule has 0 aliphatic heterocycles. The maximum atomic E-state index is 12.7. The Hall–Kier alpha value is -2.76. The number of carbonyl (C=O) groups is 1. The number of allylic oxidation sites excluding steroid dienone is 1. The zero-order valence-corrected chi connectivity index (χ0v) is 15.3. The van der Waals surface area contributed by atoms with Gasteiger partial charge in [0.25, 0.3) is 5.91 Å². The number of ether oxygens (including phenoxy) is 1. The number of anilines is 1. The Bertz CT molecular complexity index is 828. The second-order valence-corrected chi connectivity index (χ2v) is 6.25. The Labute approximate surface area is 156 Å². The van der Waals surface area contributed by atoms with Crippen LogP contribution in [-0.4, -0.2) is 12.3 Å². The SMILES string of the molecule is C=C(C)c1ccccc1C(=O)Nc1ccc(CCCC)c(OC(F)(F)F)c1. The largest absolute Gasteiger partial charge is 0.573 e. The molecule has 2 rings (SSSR count). The van der Waals surface area contributed by atoms with Gasteiger partial charge in [-0.15, -0.1) is 13.2 Å². The molecule has 0 spiro atoms. The van der Waals surface area contributed by atoms with Gasteiger partial charge in [-0.3, -0.25) is 4.79 Å². The summed E-state index contributed by atoms with van der Waals surface area (Å²) in [5.41, 5.74) is 2.49. The minimum Gasteiger partial charge on any atom is -0.405 e. The molecule has 0 saturated heterocycles. The number of unbranched alkanes of at least 4 members (excludes halogenated alkanes) is 1. The third-order valence-electron chi connectivity index (χ3n) is 3.98. The van der Waals surface area contributed by atoms with Gasteiger partial charge in [0.15, 0.2) is 0 Å². The quantitative estimate of drug-likeness (QED) is 0.623. The average molecular weight is 377 g/mol. The Morgan fingerprint density at radius 3 is 2.41 bits per heavy atom. The first-order valence-electron chi connectivity index (χ1n) is 8.66. The van der Waals surface area contributed by atoms with Gasteiger partial charge in [-0.05, 0) is 43.0 Å². The summed E-state index contributed by atoms with van der Waals surface area (Å²) in [6, 6.07) is 11.3. The molecule has 144 valence electrons. The first-order valence-corrected chi connectivity index (χ1v) is 8.66. The molecule has 0 aliphatic rings. The van der Waals surface area contributed by atoms with Gasteiger partial charge in [0, 0.05) is 17.3 Å². The Balaban J connectivity index is 2.29. The van der Waals surface area contributed by atoms with Crippen LogP contribution in [0.25, 0.3) is 5.57 Å². The fourth-order valence-corrected chi connectivity index (χ4v) is 2.68. The van der Waals surface area contributed by atoms with Crippen LogP contribution in [0.5, 0.6) is 5.75 Å². The zero-order valence-electron chi connectivity index (χ0n) is 15.3. The zero-order chi connectivity index (χ0) is 20.0. The van der Waals surface area contributed by atoms with E-state index < -0.39 is 12.3 Å². The van der Waals surface area contributed by atoms with Crippen molar-refractivity contribution in [3.63, 3.8) is 0 Å². The van der Waals surface area contributed by atoms with E-state index in [1.165, 1.54) is 6.07 Å². The molecule has 0 aliphatic carbocycles. The Kier molecular flexibility index (Phi) is 6.66. The Morgan fingerprint density at radius 2 is 1.81 bits per heavy atom. The van der Waals surface area contributed by atoms with Crippen molar-refractivity contribution < 1.29 is 22.7 Å². The van der Waals surface area contributed by atoms with Crippen LogP contribution >= 0.6 is 0 Å². The number of carbonyl (C=O) groups excluding carboxylic acids is 1. The van der Waals surface area contributed by atoms with Crippen molar-refractivity contribution in [3.05, 3.63) is 65.7 Å². The van der Waals surface area contributed by atoms with Gasteiger partial charge < -0.3 is 10.1 Å². The van der Waals surface area contributed by atoms with Crippen LogP contribution in [0.4, 0.5) is 18.9 Å². The van der Waals surface area contributed by atoms with E-state index in [-0.39, 0.29) is 11.4 Å². The lowest BCUT2D eigenvalue weighted by Crippen LogP contribution is -2.19. The van der Waals surface area contributed by atoms with E-state index in [9.17, 15) is 18.0 Å². The molecule has 27 heavy (non-hydrogen) atoms. The third-order valence-corrected chi connectivity index (χ3v) is 3.98. The van der Waals surface area contributed by atoms with E-state index in [0.717, 1.165) is 18.4 Å². The molecule has 6 heteroatoms. The number of aryl methyl sites for hydroxylation is 1. The average Bonchev–Trinajstić information content (AvgIpc) is 2.59. The molecule has 1 amide bonds. The van der Waals surface area contributed by atoms with E-state index in [1.807, 2.05) is 6.92 Å². The fraction of sp³-hybridized carbons (Fsp3) is 0.286. The van der Waals surface area contributed by atoms with Crippen molar-refractivity contribution >= 4 is 17.2 Å². The maximum Gasteiger partial charge on any atom is 0.573 e. The molecule has 3 nitrogen and oxygen atoms in total. The van der Waals surface area contributed by atoms with Crippen molar-refractivity contribution in [3.8, 4) is 5.75 Å². The minimum absolute atomic E-state index is 0.232. The van der Waals surface area contributed by atoms with Crippen LogP contribution in [0.3, 0.4) is 0 Å². The first-order chi connectivity index (χ1) is 12.7.